The summed E-state index contributed by atoms with van der Waals surface area (Å²) >= 11 is 2.81. The number of methoxy groups -OCH3 is 1. The minimum atomic E-state index is -0.0917. The fraction of sp³-hybridized carbons (Fsp3) is 0.345. The van der Waals surface area contributed by atoms with E-state index >= 15 is 0 Å². The molecule has 0 N–H and O–H groups in total. The summed E-state index contributed by atoms with van der Waals surface area (Å²) < 4.78 is 11.5. The molecule has 0 bridgehead atoms. The van der Waals surface area contributed by atoms with E-state index in [0.717, 1.165) is 29.0 Å². The Balaban J connectivity index is 1.41. The molecule has 2 heterocycles. The zero-order valence-electron chi connectivity index (χ0n) is 21.6. The number of thiazole rings is 1. The van der Waals surface area contributed by atoms with Gasteiger partial charge < -0.3 is 9.47 Å². The van der Waals surface area contributed by atoms with Gasteiger partial charge in [-0.2, -0.15) is 4.99 Å². The first-order valence-electron chi connectivity index (χ1n) is 12.7. The van der Waals surface area contributed by atoms with Crippen LogP contribution in [0.3, 0.4) is 0 Å². The van der Waals surface area contributed by atoms with Crippen molar-refractivity contribution in [1.82, 2.24) is 9.88 Å². The molecule has 6 nitrogen and oxygen atoms in total. The van der Waals surface area contributed by atoms with E-state index in [9.17, 15) is 4.79 Å². The third kappa shape index (κ3) is 7.23. The summed E-state index contributed by atoms with van der Waals surface area (Å²) in [6.07, 6.45) is 9.18. The van der Waals surface area contributed by atoms with Crippen LogP contribution in [0.4, 0.5) is 5.13 Å². The Labute approximate surface area is 227 Å². The van der Waals surface area contributed by atoms with E-state index in [1.807, 2.05) is 60.0 Å². The van der Waals surface area contributed by atoms with Crippen LogP contribution in [-0.2, 0) is 4.79 Å². The summed E-state index contributed by atoms with van der Waals surface area (Å²) in [5, 5.41) is 3.21. The van der Waals surface area contributed by atoms with Crippen LogP contribution in [0.25, 0.3) is 17.3 Å². The molecule has 3 aromatic rings. The predicted octanol–water partition coefficient (Wildman–Crippen LogP) is 7.79. The van der Waals surface area contributed by atoms with Crippen LogP contribution >= 0.6 is 23.1 Å². The highest BCUT2D eigenvalue weighted by molar-refractivity contribution is 8.18. The van der Waals surface area contributed by atoms with Gasteiger partial charge in [0.2, 0.25) is 5.13 Å². The molecule has 1 amide bonds. The Kier molecular flexibility index (Phi) is 9.79. The Morgan fingerprint density at radius 1 is 1.03 bits per heavy atom. The largest absolute Gasteiger partial charge is 0.493 e. The average Bonchev–Trinajstić information content (AvgIpc) is 3.50. The van der Waals surface area contributed by atoms with Gasteiger partial charge in [0.1, 0.15) is 0 Å². The van der Waals surface area contributed by atoms with Crippen LogP contribution in [0.15, 0.2) is 63.8 Å². The normalized spacial score (nSPS) is 15.6. The first-order chi connectivity index (χ1) is 18.1. The van der Waals surface area contributed by atoms with Crippen molar-refractivity contribution in [2.45, 2.75) is 45.4 Å². The number of carbonyl (C=O) groups is 1. The van der Waals surface area contributed by atoms with Crippen LogP contribution in [0.1, 0.15) is 51.0 Å². The van der Waals surface area contributed by atoms with E-state index in [1.165, 1.54) is 55.2 Å². The van der Waals surface area contributed by atoms with E-state index in [2.05, 4.69) is 16.9 Å². The van der Waals surface area contributed by atoms with Gasteiger partial charge in [0.15, 0.2) is 16.7 Å². The number of hydrogen-bond donors (Lipinski definition) is 0. The lowest BCUT2D eigenvalue weighted by atomic mass is 10.1. The summed E-state index contributed by atoms with van der Waals surface area (Å²) in [4.78, 5) is 24.3. The molecule has 37 heavy (non-hydrogen) atoms. The molecule has 1 aliphatic rings. The second kappa shape index (κ2) is 13.4. The zero-order valence-corrected chi connectivity index (χ0v) is 23.2. The van der Waals surface area contributed by atoms with Gasteiger partial charge >= 0.3 is 0 Å². The van der Waals surface area contributed by atoms with Crippen molar-refractivity contribution in [3.63, 3.8) is 0 Å². The van der Waals surface area contributed by atoms with Gasteiger partial charge in [0.05, 0.1) is 24.3 Å². The van der Waals surface area contributed by atoms with Crippen molar-refractivity contribution < 1.29 is 14.3 Å². The number of likely N-dealkylation sites (N-methyl/N-ethyl adjacent to an activating group) is 1. The molecule has 8 heteroatoms. The quantitative estimate of drug-likeness (QED) is 0.175. The molecule has 1 fully saturated rings. The number of thioether (sulfide) groups is 1. The number of amidine groups is 1. The fourth-order valence-electron chi connectivity index (χ4n) is 3.90. The van der Waals surface area contributed by atoms with Gasteiger partial charge in [-0.25, -0.2) is 4.98 Å². The fourth-order valence-corrected chi connectivity index (χ4v) is 5.62. The van der Waals surface area contributed by atoms with Crippen LogP contribution in [-0.4, -0.2) is 41.7 Å². The smallest absolute Gasteiger partial charge is 0.266 e. The van der Waals surface area contributed by atoms with E-state index in [0.29, 0.717) is 27.6 Å². The molecular weight excluding hydrogens is 502 g/mol. The average molecular weight is 536 g/mol. The van der Waals surface area contributed by atoms with Gasteiger partial charge in [-0.1, -0.05) is 75.4 Å². The molecule has 0 radical (unpaired) electrons. The van der Waals surface area contributed by atoms with Crippen LogP contribution in [0, 0.1) is 0 Å². The van der Waals surface area contributed by atoms with Crippen molar-refractivity contribution in [2.75, 3.05) is 20.8 Å². The summed E-state index contributed by atoms with van der Waals surface area (Å²) in [5.41, 5.74) is 2.79. The number of aliphatic imine (C=N–C) groups is 1. The van der Waals surface area contributed by atoms with E-state index in [1.54, 1.807) is 19.1 Å². The lowest BCUT2D eigenvalue weighted by molar-refractivity contribution is -0.121. The number of amides is 1. The summed E-state index contributed by atoms with van der Waals surface area (Å²) in [5.74, 6) is 1.29. The lowest BCUT2D eigenvalue weighted by Gasteiger charge is -2.11. The van der Waals surface area contributed by atoms with Crippen LogP contribution < -0.4 is 9.47 Å². The summed E-state index contributed by atoms with van der Waals surface area (Å²) in [6, 6.07) is 15.7. The number of rotatable bonds is 12. The predicted molar refractivity (Wildman–Crippen MR) is 155 cm³/mol. The molecule has 1 aromatic heterocycles. The van der Waals surface area contributed by atoms with Gasteiger partial charge in [-0.15, -0.1) is 11.3 Å². The second-order valence-corrected chi connectivity index (χ2v) is 10.6. The number of nitrogens with zero attached hydrogens (tertiary/aromatic N) is 3. The second-order valence-electron chi connectivity index (χ2n) is 8.78. The van der Waals surface area contributed by atoms with Crippen molar-refractivity contribution in [1.29, 1.82) is 0 Å². The first-order valence-corrected chi connectivity index (χ1v) is 14.4. The molecule has 0 spiro atoms. The number of aromatic nitrogens is 1. The van der Waals surface area contributed by atoms with Gasteiger partial charge in [0.25, 0.3) is 5.91 Å². The highest BCUT2D eigenvalue weighted by Gasteiger charge is 2.30. The molecule has 4 rings (SSSR count). The van der Waals surface area contributed by atoms with E-state index in [4.69, 9.17) is 9.47 Å². The lowest BCUT2D eigenvalue weighted by Crippen LogP contribution is -2.23. The Morgan fingerprint density at radius 3 is 2.59 bits per heavy atom. The highest BCUT2D eigenvalue weighted by atomic mass is 32.2. The SMILES string of the molecule is CCCCCCCCOc1ccc(/C=C2\S/C(=N/c3nc(-c4ccccc4)cs3)N(C)C2=O)cc1OC. The van der Waals surface area contributed by atoms with E-state index in [-0.39, 0.29) is 5.91 Å². The first kappa shape index (κ1) is 26.9. The highest BCUT2D eigenvalue weighted by Crippen LogP contribution is 2.36. The maximum atomic E-state index is 12.9. The zero-order chi connectivity index (χ0) is 26.0. The molecule has 194 valence electrons. The molecule has 2 aromatic carbocycles. The van der Waals surface area contributed by atoms with Crippen molar-refractivity contribution in [2.24, 2.45) is 4.99 Å². The number of benzene rings is 2. The number of carbonyl (C=O) groups excluding carboxylic acids is 1. The maximum absolute atomic E-state index is 12.9. The van der Waals surface area contributed by atoms with Crippen LogP contribution in [0.2, 0.25) is 0 Å². The maximum Gasteiger partial charge on any atom is 0.266 e. The molecule has 0 aliphatic carbocycles. The Hall–Kier alpha value is -3.10. The third-order valence-electron chi connectivity index (χ3n) is 6.00. The van der Waals surface area contributed by atoms with Crippen LogP contribution in [0.5, 0.6) is 11.5 Å². The Morgan fingerprint density at radius 2 is 1.81 bits per heavy atom. The molecule has 1 aliphatic heterocycles. The molecule has 1 saturated heterocycles. The van der Waals surface area contributed by atoms with Crippen molar-refractivity contribution in [3.8, 4) is 22.8 Å². The number of unbranched alkanes of at least 4 members (excludes halogenated alkanes) is 5. The molecular formula is C29H33N3O3S2. The minimum absolute atomic E-state index is 0.0917. The monoisotopic (exact) mass is 535 g/mol. The van der Waals surface area contributed by atoms with Gasteiger partial charge in [-0.05, 0) is 42.0 Å². The Bertz CT molecular complexity index is 1250. The minimum Gasteiger partial charge on any atom is -0.493 e. The topological polar surface area (TPSA) is 64.0 Å². The molecule has 0 saturated carbocycles. The van der Waals surface area contributed by atoms with Gasteiger partial charge in [-0.3, -0.25) is 9.69 Å². The number of ether oxygens (including phenoxy) is 2. The third-order valence-corrected chi connectivity index (χ3v) is 7.79. The summed E-state index contributed by atoms with van der Waals surface area (Å²) in [7, 11) is 3.37. The van der Waals surface area contributed by atoms with Crippen molar-refractivity contribution >= 4 is 45.4 Å². The molecule has 0 atom stereocenters. The van der Waals surface area contributed by atoms with Gasteiger partial charge in [0, 0.05) is 18.0 Å². The standard InChI is InChI=1S/C29H33N3O3S2/c1-4-5-6-7-8-12-17-35-24-16-15-21(18-25(24)34-3)19-26-27(33)32(2)29(37-26)31-28-30-23(20-36-28)22-13-10-9-11-14-22/h9-11,13-16,18-20H,4-8,12,17H2,1-3H3/b26-19-,31-29+. The summed E-state index contributed by atoms with van der Waals surface area (Å²) in [6.45, 7) is 2.90. The van der Waals surface area contributed by atoms with E-state index < -0.39 is 0 Å². The van der Waals surface area contributed by atoms with Crippen molar-refractivity contribution in [3.05, 3.63) is 64.4 Å². The molecule has 0 unspecified atom stereocenters. The number of hydrogen-bond acceptors (Lipinski definition) is 7.